The average Bonchev–Trinajstić information content (AvgIpc) is 2.94. The van der Waals surface area contributed by atoms with Crippen molar-refractivity contribution in [3.63, 3.8) is 0 Å². The third kappa shape index (κ3) is 1.95. The van der Waals surface area contributed by atoms with Gasteiger partial charge in [-0.1, -0.05) is 20.8 Å². The van der Waals surface area contributed by atoms with E-state index in [1.807, 2.05) is 6.07 Å². The van der Waals surface area contributed by atoms with Gasteiger partial charge in [0.2, 0.25) is 0 Å². The zero-order valence-corrected chi connectivity index (χ0v) is 11.5. The molecule has 0 saturated carbocycles. The summed E-state index contributed by atoms with van der Waals surface area (Å²) in [6, 6.07) is 6.28. The van der Waals surface area contributed by atoms with Gasteiger partial charge < -0.3 is 4.42 Å². The van der Waals surface area contributed by atoms with Gasteiger partial charge in [-0.15, -0.1) is 11.3 Å². The number of rotatable bonds is 1. The fourth-order valence-electron chi connectivity index (χ4n) is 1.89. The molecule has 1 aliphatic carbocycles. The second-order valence-corrected chi connectivity index (χ2v) is 6.36. The monoisotopic (exact) mass is 257 g/mol. The molecule has 3 rings (SSSR count). The van der Waals surface area contributed by atoms with Crippen molar-refractivity contribution in [3.05, 3.63) is 41.8 Å². The molecule has 1 aromatic rings. The SMILES string of the molecule is CC(C)(C)c1csc(-c2cc3ccocc-3c2)n1. The van der Waals surface area contributed by atoms with Crippen LogP contribution in [-0.2, 0) is 5.41 Å². The van der Waals surface area contributed by atoms with E-state index in [0.29, 0.717) is 0 Å². The molecule has 1 aliphatic heterocycles. The lowest BCUT2D eigenvalue weighted by atomic mass is 9.93. The van der Waals surface area contributed by atoms with Crippen LogP contribution in [0.25, 0.3) is 21.7 Å². The molecular weight excluding hydrogens is 242 g/mol. The van der Waals surface area contributed by atoms with Gasteiger partial charge in [0.1, 0.15) is 5.01 Å². The Balaban J connectivity index is 2.05. The zero-order valence-electron chi connectivity index (χ0n) is 10.7. The van der Waals surface area contributed by atoms with Crippen molar-refractivity contribution >= 4 is 11.3 Å². The maximum atomic E-state index is 5.18. The summed E-state index contributed by atoms with van der Waals surface area (Å²) in [5.41, 5.74) is 4.75. The number of thiazole rings is 1. The molecule has 0 spiro atoms. The number of fused-ring (bicyclic) bond motifs is 1. The fourth-order valence-corrected chi connectivity index (χ4v) is 2.92. The van der Waals surface area contributed by atoms with E-state index >= 15 is 0 Å². The molecule has 2 heterocycles. The van der Waals surface area contributed by atoms with Crippen molar-refractivity contribution in [1.82, 2.24) is 4.98 Å². The van der Waals surface area contributed by atoms with Gasteiger partial charge in [0.25, 0.3) is 0 Å². The Morgan fingerprint density at radius 2 is 1.89 bits per heavy atom. The highest BCUT2D eigenvalue weighted by Crippen LogP contribution is 2.35. The number of nitrogens with zero attached hydrogens (tertiary/aromatic N) is 1. The quantitative estimate of drug-likeness (QED) is 0.625. The minimum atomic E-state index is 0.107. The van der Waals surface area contributed by atoms with Crippen LogP contribution in [0.2, 0.25) is 0 Å². The van der Waals surface area contributed by atoms with Crippen LogP contribution in [0, 0.1) is 0 Å². The van der Waals surface area contributed by atoms with Crippen LogP contribution in [0.3, 0.4) is 0 Å². The first-order valence-electron chi connectivity index (χ1n) is 5.96. The summed E-state index contributed by atoms with van der Waals surface area (Å²) in [4.78, 5) is 4.73. The maximum Gasteiger partial charge on any atom is 0.123 e. The zero-order chi connectivity index (χ0) is 12.8. The van der Waals surface area contributed by atoms with Crippen molar-refractivity contribution in [1.29, 1.82) is 0 Å². The first-order valence-corrected chi connectivity index (χ1v) is 6.84. The standard InChI is InChI=1S/C15H15NOS/c1-15(2,3)13-9-18-14(16-13)11-6-10-4-5-17-8-12(10)7-11/h4-9H,1-3H3. The topological polar surface area (TPSA) is 26.0 Å². The molecule has 1 aromatic heterocycles. The minimum absolute atomic E-state index is 0.107. The van der Waals surface area contributed by atoms with Gasteiger partial charge in [-0.2, -0.15) is 0 Å². The molecule has 0 atom stereocenters. The second-order valence-electron chi connectivity index (χ2n) is 5.50. The smallest absolute Gasteiger partial charge is 0.123 e. The van der Waals surface area contributed by atoms with Crippen molar-refractivity contribution in [3.8, 4) is 21.7 Å². The Kier molecular flexibility index (Phi) is 2.52. The highest BCUT2D eigenvalue weighted by Gasteiger charge is 2.19. The summed E-state index contributed by atoms with van der Waals surface area (Å²) < 4.78 is 5.18. The molecule has 0 unspecified atom stereocenters. The predicted octanol–water partition coefficient (Wildman–Crippen LogP) is 4.81. The van der Waals surface area contributed by atoms with E-state index in [9.17, 15) is 0 Å². The Labute approximate surface area is 111 Å². The minimum Gasteiger partial charge on any atom is -0.472 e. The maximum absolute atomic E-state index is 5.18. The van der Waals surface area contributed by atoms with Crippen LogP contribution >= 0.6 is 11.3 Å². The molecule has 2 aliphatic rings. The summed E-state index contributed by atoms with van der Waals surface area (Å²) in [6.45, 7) is 6.56. The van der Waals surface area contributed by atoms with E-state index in [4.69, 9.17) is 9.40 Å². The van der Waals surface area contributed by atoms with Gasteiger partial charge in [0.15, 0.2) is 0 Å². The number of hydrogen-bond donors (Lipinski definition) is 0. The lowest BCUT2D eigenvalue weighted by molar-refractivity contribution is 0.552. The van der Waals surface area contributed by atoms with E-state index < -0.39 is 0 Å². The van der Waals surface area contributed by atoms with Gasteiger partial charge in [-0.3, -0.25) is 0 Å². The van der Waals surface area contributed by atoms with Crippen molar-refractivity contribution < 1.29 is 4.42 Å². The van der Waals surface area contributed by atoms with Crippen LogP contribution < -0.4 is 0 Å². The molecule has 0 N–H and O–H groups in total. The number of hydrogen-bond acceptors (Lipinski definition) is 3. The van der Waals surface area contributed by atoms with Gasteiger partial charge in [0.05, 0.1) is 18.2 Å². The Morgan fingerprint density at radius 3 is 2.56 bits per heavy atom. The van der Waals surface area contributed by atoms with Crippen molar-refractivity contribution in [2.75, 3.05) is 0 Å². The van der Waals surface area contributed by atoms with E-state index in [-0.39, 0.29) is 5.41 Å². The lowest BCUT2D eigenvalue weighted by Crippen LogP contribution is -2.11. The highest BCUT2D eigenvalue weighted by molar-refractivity contribution is 7.13. The summed E-state index contributed by atoms with van der Waals surface area (Å²) in [7, 11) is 0. The van der Waals surface area contributed by atoms with Gasteiger partial charge >= 0.3 is 0 Å². The van der Waals surface area contributed by atoms with Crippen LogP contribution in [-0.4, -0.2) is 4.98 Å². The average molecular weight is 257 g/mol. The third-order valence-corrected chi connectivity index (χ3v) is 3.89. The molecular formula is C15H15NOS. The highest BCUT2D eigenvalue weighted by atomic mass is 32.1. The molecule has 0 fully saturated rings. The number of aromatic nitrogens is 1. The van der Waals surface area contributed by atoms with E-state index in [0.717, 1.165) is 16.3 Å². The van der Waals surface area contributed by atoms with E-state index in [1.165, 1.54) is 11.1 Å². The lowest BCUT2D eigenvalue weighted by Gasteiger charge is -2.14. The van der Waals surface area contributed by atoms with E-state index in [2.05, 4.69) is 38.3 Å². The fraction of sp³-hybridized carbons (Fsp3) is 0.267. The van der Waals surface area contributed by atoms with Gasteiger partial charge in [-0.25, -0.2) is 4.98 Å². The second kappa shape index (κ2) is 3.95. The van der Waals surface area contributed by atoms with Crippen molar-refractivity contribution in [2.45, 2.75) is 26.2 Å². The Hall–Kier alpha value is -1.61. The summed E-state index contributed by atoms with van der Waals surface area (Å²) in [5.74, 6) is 0. The predicted molar refractivity (Wildman–Crippen MR) is 75.1 cm³/mol. The van der Waals surface area contributed by atoms with Crippen LogP contribution in [0.1, 0.15) is 26.5 Å². The Morgan fingerprint density at radius 1 is 1.11 bits per heavy atom. The molecule has 3 heteroatoms. The van der Waals surface area contributed by atoms with Crippen LogP contribution in [0.15, 0.2) is 40.5 Å². The van der Waals surface area contributed by atoms with Gasteiger partial charge in [0, 0.05) is 21.9 Å². The van der Waals surface area contributed by atoms with Crippen molar-refractivity contribution in [2.24, 2.45) is 0 Å². The summed E-state index contributed by atoms with van der Waals surface area (Å²) >= 11 is 1.70. The van der Waals surface area contributed by atoms with Crippen LogP contribution in [0.4, 0.5) is 0 Å². The third-order valence-electron chi connectivity index (χ3n) is 3.00. The molecule has 0 bridgehead atoms. The van der Waals surface area contributed by atoms with Crippen LogP contribution in [0.5, 0.6) is 0 Å². The summed E-state index contributed by atoms with van der Waals surface area (Å²) in [5, 5.41) is 3.23. The molecule has 0 amide bonds. The first kappa shape index (κ1) is 11.5. The molecule has 0 radical (unpaired) electrons. The summed E-state index contributed by atoms with van der Waals surface area (Å²) in [6.07, 6.45) is 3.48. The molecule has 0 aromatic carbocycles. The molecule has 18 heavy (non-hydrogen) atoms. The van der Waals surface area contributed by atoms with Gasteiger partial charge in [-0.05, 0) is 23.8 Å². The molecule has 92 valence electrons. The first-order chi connectivity index (χ1) is 8.54. The normalized spacial score (nSPS) is 12.2. The molecule has 0 saturated heterocycles. The largest absolute Gasteiger partial charge is 0.472 e. The molecule has 2 nitrogen and oxygen atoms in total. The van der Waals surface area contributed by atoms with E-state index in [1.54, 1.807) is 23.9 Å². The Bertz CT molecular complexity index is 615.